The fourth-order valence-corrected chi connectivity index (χ4v) is 5.74. The quantitative estimate of drug-likeness (QED) is 0.302. The first-order valence-electron chi connectivity index (χ1n) is 11.8. The highest BCUT2D eigenvalue weighted by Gasteiger charge is 2.51. The van der Waals surface area contributed by atoms with E-state index in [0.717, 1.165) is 38.8 Å². The Morgan fingerprint density at radius 3 is 1.53 bits per heavy atom. The van der Waals surface area contributed by atoms with E-state index in [9.17, 15) is 13.2 Å². The van der Waals surface area contributed by atoms with Crippen molar-refractivity contribution in [1.29, 1.82) is 0 Å². The molecule has 1 aliphatic heterocycles. The molecule has 0 bridgehead atoms. The molecule has 0 unspecified atom stereocenters. The third-order valence-corrected chi connectivity index (χ3v) is 7.17. The molecule has 1 nitrogen and oxygen atoms in total. The Labute approximate surface area is 207 Å². The van der Waals surface area contributed by atoms with Crippen molar-refractivity contribution in [3.8, 4) is 0 Å². The smallest absolute Gasteiger partial charge is 0.361 e. The molecule has 2 heterocycles. The highest BCUT2D eigenvalue weighted by molar-refractivity contribution is 7.11. The topological polar surface area (TPSA) is 3.88 Å². The van der Waals surface area contributed by atoms with Crippen LogP contribution in [0.25, 0.3) is 11.0 Å². The molecule has 0 N–H and O–H groups in total. The predicted octanol–water partition coefficient (Wildman–Crippen LogP) is 5.51. The minimum absolute atomic E-state index is 0.328. The molecule has 0 aliphatic carbocycles. The van der Waals surface area contributed by atoms with E-state index in [2.05, 4.69) is 22.7 Å². The summed E-state index contributed by atoms with van der Waals surface area (Å²) in [5.74, 6) is -1.00. The monoisotopic (exact) mass is 475 g/mol. The van der Waals surface area contributed by atoms with Gasteiger partial charge in [0.1, 0.15) is 23.6 Å². The van der Waals surface area contributed by atoms with Crippen molar-refractivity contribution in [2.24, 2.45) is 0 Å². The molecular weight excluding hydrogens is 454 g/mol. The molecule has 0 saturated carbocycles. The van der Waals surface area contributed by atoms with Crippen LogP contribution >= 0.6 is 0 Å². The average molecular weight is 475 g/mol. The van der Waals surface area contributed by atoms with Gasteiger partial charge < -0.3 is 4.48 Å². The molecule has 6 rings (SSSR count). The third kappa shape index (κ3) is 3.39. The van der Waals surface area contributed by atoms with Crippen molar-refractivity contribution in [2.45, 2.75) is 0 Å². The molecule has 4 aromatic carbocycles. The summed E-state index contributed by atoms with van der Waals surface area (Å²) in [5, 5.41) is 0. The number of fused-ring (bicyclic) bond motifs is 1. The second kappa shape index (κ2) is 8.69. The second-order valence-corrected chi connectivity index (χ2v) is 9.08. The highest BCUT2D eigenvalue weighted by Crippen LogP contribution is 2.40. The van der Waals surface area contributed by atoms with Gasteiger partial charge in [0.2, 0.25) is 0 Å². The van der Waals surface area contributed by atoms with Crippen molar-refractivity contribution in [2.75, 3.05) is 0 Å². The molecule has 0 fully saturated rings. The van der Waals surface area contributed by atoms with Crippen LogP contribution in [0.5, 0.6) is 0 Å². The zero-order valence-electron chi connectivity index (χ0n) is 19.3. The number of benzene rings is 4. The van der Waals surface area contributed by atoms with Gasteiger partial charge in [-0.3, -0.25) is 0 Å². The van der Waals surface area contributed by atoms with Gasteiger partial charge in [-0.1, -0.05) is 78.4 Å². The number of nitrogens with zero attached hydrogens (tertiary/aromatic N) is 1. The lowest BCUT2D eigenvalue weighted by Crippen LogP contribution is -2.78. The van der Waals surface area contributed by atoms with Crippen LogP contribution in [0.3, 0.4) is 0 Å². The summed E-state index contributed by atoms with van der Waals surface area (Å²) in [7, 11) is 0. The summed E-state index contributed by atoms with van der Waals surface area (Å²) in [6.07, 6.45) is 0.0664. The molecule has 0 atom stereocenters. The number of hydrogen-bond acceptors (Lipinski definition) is 0. The Bertz CT molecular complexity index is 1530. The summed E-state index contributed by atoms with van der Waals surface area (Å²) in [6.45, 7) is 0. The Morgan fingerprint density at radius 1 is 0.472 bits per heavy atom. The molecular formula is C31H21BF3N. The number of aromatic nitrogens is 1. The summed E-state index contributed by atoms with van der Waals surface area (Å²) in [6, 6.07) is 35.5. The normalized spacial score (nSPS) is 14.1. The SMILES string of the molecule is Fc1ccc(C2=C(c3ccccc3)c3cccc[n+]3[B-]2(c2ccc(F)cc2)c2ccc(F)cc2)cc1. The van der Waals surface area contributed by atoms with E-state index in [0.29, 0.717) is 0 Å². The molecule has 0 radical (unpaired) electrons. The largest absolute Gasteiger partial charge is 0.408 e. The second-order valence-electron chi connectivity index (χ2n) is 9.08. The maximum absolute atomic E-state index is 14.2. The van der Waals surface area contributed by atoms with Gasteiger partial charge in [0.15, 0.2) is 5.69 Å². The van der Waals surface area contributed by atoms with Crippen molar-refractivity contribution in [3.63, 3.8) is 0 Å². The van der Waals surface area contributed by atoms with Crippen molar-refractivity contribution >= 4 is 28.3 Å². The van der Waals surface area contributed by atoms with Crippen LogP contribution < -0.4 is 15.4 Å². The summed E-state index contributed by atoms with van der Waals surface area (Å²) >= 11 is 0. The van der Waals surface area contributed by atoms with E-state index >= 15 is 0 Å². The predicted molar refractivity (Wildman–Crippen MR) is 139 cm³/mol. The first-order valence-corrected chi connectivity index (χ1v) is 11.8. The Morgan fingerprint density at radius 2 is 0.972 bits per heavy atom. The fraction of sp³-hybridized carbons (Fsp3) is 0. The molecule has 0 spiro atoms. The molecule has 36 heavy (non-hydrogen) atoms. The zero-order chi connectivity index (χ0) is 24.7. The summed E-state index contributed by atoms with van der Waals surface area (Å²) in [4.78, 5) is 0. The maximum Gasteiger partial charge on any atom is 0.361 e. The van der Waals surface area contributed by atoms with Gasteiger partial charge in [0.25, 0.3) is 0 Å². The number of pyridine rings is 1. The molecule has 1 aliphatic rings. The lowest BCUT2D eigenvalue weighted by atomic mass is 9.23. The van der Waals surface area contributed by atoms with Crippen LogP contribution in [-0.4, -0.2) is 6.28 Å². The van der Waals surface area contributed by atoms with E-state index in [-0.39, 0.29) is 17.5 Å². The van der Waals surface area contributed by atoms with Crippen LogP contribution in [0.4, 0.5) is 13.2 Å². The van der Waals surface area contributed by atoms with Crippen LogP contribution in [0.1, 0.15) is 16.8 Å². The maximum atomic E-state index is 14.2. The van der Waals surface area contributed by atoms with Crippen LogP contribution in [0, 0.1) is 17.5 Å². The fourth-order valence-electron chi connectivity index (χ4n) is 5.74. The number of halogens is 3. The third-order valence-electron chi connectivity index (χ3n) is 7.17. The summed E-state index contributed by atoms with van der Waals surface area (Å²) in [5.41, 5.74) is 6.51. The molecule has 0 amide bonds. The van der Waals surface area contributed by atoms with Gasteiger partial charge in [-0.2, -0.15) is 0 Å². The summed E-state index contributed by atoms with van der Waals surface area (Å²) < 4.78 is 44.6. The Kier molecular flexibility index (Phi) is 5.34. The van der Waals surface area contributed by atoms with Crippen LogP contribution in [0.2, 0.25) is 0 Å². The van der Waals surface area contributed by atoms with E-state index < -0.39 is 6.28 Å². The molecule has 5 heteroatoms. The standard InChI is InChI=1S/C31H21BF3N/c33-26-15-9-23(10-16-26)31-30(22-6-2-1-3-7-22)29-8-4-5-21-36(29)32(31,24-11-17-27(34)18-12-24)25-13-19-28(35)20-14-25/h1-21H. The minimum atomic E-state index is -1.95. The Hall–Kier alpha value is -4.38. The van der Waals surface area contributed by atoms with E-state index in [4.69, 9.17) is 0 Å². The van der Waals surface area contributed by atoms with Crippen LogP contribution in [0.15, 0.2) is 128 Å². The number of rotatable bonds is 4. The van der Waals surface area contributed by atoms with Gasteiger partial charge in [0.05, 0.1) is 0 Å². The Balaban J connectivity index is 1.83. The van der Waals surface area contributed by atoms with Gasteiger partial charge in [-0.25, -0.2) is 13.2 Å². The van der Waals surface area contributed by atoms with E-state index in [1.54, 1.807) is 36.4 Å². The average Bonchev–Trinajstić information content (AvgIpc) is 3.22. The zero-order valence-corrected chi connectivity index (χ0v) is 19.3. The first-order chi connectivity index (χ1) is 17.6. The van der Waals surface area contributed by atoms with Crippen molar-refractivity contribution in [1.82, 2.24) is 0 Å². The van der Waals surface area contributed by atoms with Crippen molar-refractivity contribution < 1.29 is 17.6 Å². The molecule has 174 valence electrons. The highest BCUT2D eigenvalue weighted by atomic mass is 19.1. The van der Waals surface area contributed by atoms with E-state index in [1.807, 2.05) is 36.5 Å². The molecule has 1 aromatic heterocycles. The van der Waals surface area contributed by atoms with Gasteiger partial charge >= 0.3 is 6.28 Å². The lowest BCUT2D eigenvalue weighted by Gasteiger charge is -2.35. The minimum Gasteiger partial charge on any atom is -0.408 e. The van der Waals surface area contributed by atoms with Gasteiger partial charge in [-0.05, 0) is 48.0 Å². The molecule has 5 aromatic rings. The lowest BCUT2D eigenvalue weighted by molar-refractivity contribution is -0.539. The van der Waals surface area contributed by atoms with Gasteiger partial charge in [0, 0.05) is 11.6 Å². The van der Waals surface area contributed by atoms with Crippen molar-refractivity contribution in [3.05, 3.63) is 162 Å². The first kappa shape index (κ1) is 22.1. The van der Waals surface area contributed by atoms with Gasteiger partial charge in [-0.15, -0.1) is 16.4 Å². The number of hydrogen-bond donors (Lipinski definition) is 0. The van der Waals surface area contributed by atoms with E-state index in [1.165, 1.54) is 36.4 Å². The molecule has 0 saturated heterocycles. The van der Waals surface area contributed by atoms with Crippen LogP contribution in [-0.2, 0) is 0 Å².